The third-order valence-electron chi connectivity index (χ3n) is 6.16. The molecule has 0 fully saturated rings. The minimum absolute atomic E-state index is 0.451. The number of nitrogens with zero attached hydrogens (tertiary/aromatic N) is 2. The van der Waals surface area contributed by atoms with Crippen molar-refractivity contribution >= 4 is 44.0 Å². The molecule has 0 amide bonds. The Hall–Kier alpha value is -2.64. The zero-order valence-electron chi connectivity index (χ0n) is 16.3. The van der Waals surface area contributed by atoms with Crippen LogP contribution in [0, 0.1) is 0 Å². The highest BCUT2D eigenvalue weighted by Gasteiger charge is 2.51. The first-order valence-corrected chi connectivity index (χ1v) is 11.4. The number of halogens is 5. The highest BCUT2D eigenvalue weighted by atomic mass is 79.9. The summed E-state index contributed by atoms with van der Waals surface area (Å²) in [4.78, 5) is 0. The van der Waals surface area contributed by atoms with Crippen LogP contribution in [-0.4, -0.2) is 9.78 Å². The van der Waals surface area contributed by atoms with E-state index >= 15 is 0 Å². The number of rotatable bonds is 0. The van der Waals surface area contributed by atoms with Gasteiger partial charge in [0.1, 0.15) is 5.54 Å². The van der Waals surface area contributed by atoms with Crippen LogP contribution in [0.5, 0.6) is 0 Å². The van der Waals surface area contributed by atoms with Gasteiger partial charge in [0, 0.05) is 14.5 Å². The Bertz CT molecular complexity index is 1390. The number of hydrogen-bond acceptors (Lipinski definition) is 1. The van der Waals surface area contributed by atoms with Crippen LogP contribution in [-0.2, 0) is 11.7 Å². The second kappa shape index (κ2) is 6.68. The van der Waals surface area contributed by atoms with Crippen molar-refractivity contribution < 1.29 is 13.2 Å². The largest absolute Gasteiger partial charge is 0.435 e. The Labute approximate surface area is 198 Å². The zero-order chi connectivity index (χ0) is 22.3. The SMILES string of the molecule is FC(F)(F)c1cc2n(n1)C1(c3cc(Br)ccc3C=Cc3ccc(Br)cc31)c1ccccc1-2. The second-order valence-corrected chi connectivity index (χ2v) is 9.71. The molecule has 0 unspecified atom stereocenters. The molecule has 1 spiro atoms. The standard InChI is InChI=1S/C25H13Br2F3N2/c26-16-9-7-14-5-6-15-8-10-17(27)12-21(15)24(20(14)11-16)19-4-2-1-3-18(19)22-13-23(25(28,29)30)31-32(22)24/h1-13H. The molecule has 2 aliphatic rings. The molecule has 0 radical (unpaired) electrons. The molecule has 1 aliphatic heterocycles. The summed E-state index contributed by atoms with van der Waals surface area (Å²) in [5, 5.41) is 4.19. The molecule has 0 bridgehead atoms. The van der Waals surface area contributed by atoms with E-state index < -0.39 is 17.4 Å². The number of alkyl halides is 3. The first-order valence-electron chi connectivity index (χ1n) is 9.86. The first-order chi connectivity index (χ1) is 15.3. The maximum Gasteiger partial charge on any atom is 0.435 e. The van der Waals surface area contributed by atoms with Gasteiger partial charge in [-0.05, 0) is 58.1 Å². The summed E-state index contributed by atoms with van der Waals surface area (Å²) in [5.41, 5.74) is 3.72. The predicted octanol–water partition coefficient (Wildman–Crippen LogP) is 7.73. The molecule has 6 rings (SSSR count). The monoisotopic (exact) mass is 556 g/mol. The summed E-state index contributed by atoms with van der Waals surface area (Å²) in [6.07, 6.45) is -0.521. The van der Waals surface area contributed by atoms with E-state index in [-0.39, 0.29) is 0 Å². The van der Waals surface area contributed by atoms with Crippen LogP contribution >= 0.6 is 31.9 Å². The summed E-state index contributed by atoms with van der Waals surface area (Å²) in [7, 11) is 0. The van der Waals surface area contributed by atoms with Crippen molar-refractivity contribution in [2.75, 3.05) is 0 Å². The minimum Gasteiger partial charge on any atom is -0.245 e. The molecule has 0 atom stereocenters. The molecule has 4 aromatic rings. The fraction of sp³-hybridized carbons (Fsp3) is 0.0800. The molecule has 7 heteroatoms. The second-order valence-electron chi connectivity index (χ2n) is 7.88. The fourth-order valence-corrected chi connectivity index (χ4v) is 5.64. The van der Waals surface area contributed by atoms with Gasteiger partial charge in [0.15, 0.2) is 5.69 Å². The highest BCUT2D eigenvalue weighted by Crippen LogP contribution is 2.55. The van der Waals surface area contributed by atoms with Crippen LogP contribution in [0.2, 0.25) is 0 Å². The third kappa shape index (κ3) is 2.61. The van der Waals surface area contributed by atoms with Crippen LogP contribution in [0.1, 0.15) is 33.5 Å². The molecule has 158 valence electrons. The van der Waals surface area contributed by atoms with Gasteiger partial charge in [0.25, 0.3) is 0 Å². The van der Waals surface area contributed by atoms with Crippen LogP contribution < -0.4 is 0 Å². The van der Waals surface area contributed by atoms with Gasteiger partial charge in [-0.2, -0.15) is 18.3 Å². The van der Waals surface area contributed by atoms with E-state index in [1.807, 2.05) is 72.8 Å². The molecule has 0 saturated heterocycles. The Morgan fingerprint density at radius 1 is 0.750 bits per heavy atom. The van der Waals surface area contributed by atoms with Crippen molar-refractivity contribution in [1.82, 2.24) is 9.78 Å². The maximum absolute atomic E-state index is 13.8. The lowest BCUT2D eigenvalue weighted by Gasteiger charge is -2.35. The molecule has 0 N–H and O–H groups in total. The smallest absolute Gasteiger partial charge is 0.245 e. The Morgan fingerprint density at radius 2 is 1.34 bits per heavy atom. The van der Waals surface area contributed by atoms with E-state index in [9.17, 15) is 13.2 Å². The summed E-state index contributed by atoms with van der Waals surface area (Å²) >= 11 is 7.15. The molecular weight excluding hydrogens is 545 g/mol. The van der Waals surface area contributed by atoms with Gasteiger partial charge >= 0.3 is 6.18 Å². The van der Waals surface area contributed by atoms with Crippen LogP contribution in [0.4, 0.5) is 13.2 Å². The van der Waals surface area contributed by atoms with Gasteiger partial charge in [-0.1, -0.05) is 80.4 Å². The number of benzene rings is 3. The van der Waals surface area contributed by atoms with Gasteiger partial charge < -0.3 is 0 Å². The highest BCUT2D eigenvalue weighted by molar-refractivity contribution is 9.10. The molecule has 32 heavy (non-hydrogen) atoms. The van der Waals surface area contributed by atoms with Crippen molar-refractivity contribution in [3.63, 3.8) is 0 Å². The fourth-order valence-electron chi connectivity index (χ4n) is 4.92. The van der Waals surface area contributed by atoms with E-state index in [0.717, 1.165) is 48.4 Å². The van der Waals surface area contributed by atoms with Crippen molar-refractivity contribution in [2.24, 2.45) is 0 Å². The molecule has 0 saturated carbocycles. The van der Waals surface area contributed by atoms with Crippen molar-refractivity contribution in [3.8, 4) is 11.3 Å². The minimum atomic E-state index is -4.54. The molecule has 1 aromatic heterocycles. The Kier molecular flexibility index (Phi) is 4.18. The van der Waals surface area contributed by atoms with Crippen molar-refractivity contribution in [2.45, 2.75) is 11.7 Å². The number of aromatic nitrogens is 2. The molecule has 3 aromatic carbocycles. The van der Waals surface area contributed by atoms with Crippen LogP contribution in [0.3, 0.4) is 0 Å². The summed E-state index contributed by atoms with van der Waals surface area (Å²) in [6, 6.07) is 20.6. The maximum atomic E-state index is 13.8. The van der Waals surface area contributed by atoms with Crippen LogP contribution in [0.25, 0.3) is 23.4 Å². The van der Waals surface area contributed by atoms with E-state index in [2.05, 4.69) is 37.0 Å². The van der Waals surface area contributed by atoms with E-state index in [0.29, 0.717) is 5.69 Å². The third-order valence-corrected chi connectivity index (χ3v) is 7.15. The van der Waals surface area contributed by atoms with Gasteiger partial charge in [-0.25, -0.2) is 4.68 Å². The van der Waals surface area contributed by atoms with Crippen LogP contribution in [0.15, 0.2) is 75.7 Å². The van der Waals surface area contributed by atoms with Crippen molar-refractivity contribution in [3.05, 3.63) is 109 Å². The van der Waals surface area contributed by atoms with Gasteiger partial charge in [0.05, 0.1) is 5.69 Å². The lowest BCUT2D eigenvalue weighted by atomic mass is 9.75. The van der Waals surface area contributed by atoms with Gasteiger partial charge in [0.2, 0.25) is 0 Å². The molecular formula is C25H13Br2F3N2. The first kappa shape index (κ1) is 20.0. The van der Waals surface area contributed by atoms with E-state index in [1.165, 1.54) is 0 Å². The molecule has 2 nitrogen and oxygen atoms in total. The van der Waals surface area contributed by atoms with E-state index in [4.69, 9.17) is 0 Å². The average molecular weight is 558 g/mol. The summed E-state index contributed by atoms with van der Waals surface area (Å²) in [6.45, 7) is 0. The van der Waals surface area contributed by atoms with Gasteiger partial charge in [-0.15, -0.1) is 0 Å². The van der Waals surface area contributed by atoms with Gasteiger partial charge in [-0.3, -0.25) is 0 Å². The Balaban J connectivity index is 1.85. The molecule has 1 aliphatic carbocycles. The molecule has 2 heterocycles. The lowest BCUT2D eigenvalue weighted by molar-refractivity contribution is -0.141. The quantitative estimate of drug-likeness (QED) is 0.187. The topological polar surface area (TPSA) is 17.8 Å². The lowest BCUT2D eigenvalue weighted by Crippen LogP contribution is -2.37. The summed E-state index contributed by atoms with van der Waals surface area (Å²) < 4.78 is 44.6. The van der Waals surface area contributed by atoms with E-state index in [1.54, 1.807) is 4.68 Å². The Morgan fingerprint density at radius 3 is 1.94 bits per heavy atom. The average Bonchev–Trinajstić information content (AvgIpc) is 3.27. The zero-order valence-corrected chi connectivity index (χ0v) is 19.5. The van der Waals surface area contributed by atoms with Crippen molar-refractivity contribution in [1.29, 1.82) is 0 Å². The number of fused-ring (bicyclic) bond motifs is 9. The predicted molar refractivity (Wildman–Crippen MR) is 125 cm³/mol. The number of hydrogen-bond donors (Lipinski definition) is 0. The summed E-state index contributed by atoms with van der Waals surface area (Å²) in [5.74, 6) is 0. The normalized spacial score (nSPS) is 15.2.